The van der Waals surface area contributed by atoms with Crippen LogP contribution in [-0.4, -0.2) is 21.8 Å². The predicted octanol–water partition coefficient (Wildman–Crippen LogP) is 4.90. The molecule has 4 rings (SSSR count). The number of hydrogen-bond donors (Lipinski definition) is 2. The molecule has 0 fully saturated rings. The number of hydrogen-bond acceptors (Lipinski definition) is 6. The van der Waals surface area contributed by atoms with E-state index >= 15 is 0 Å². The second-order valence-corrected chi connectivity index (χ2v) is 8.71. The fourth-order valence-electron chi connectivity index (χ4n) is 2.88. The molecule has 0 saturated carbocycles. The molecule has 0 aliphatic rings. The summed E-state index contributed by atoms with van der Waals surface area (Å²) in [5.41, 5.74) is 1.20. The van der Waals surface area contributed by atoms with Crippen LogP contribution in [0.5, 0.6) is 0 Å². The van der Waals surface area contributed by atoms with Crippen LogP contribution >= 0.6 is 22.7 Å². The molecule has 0 spiro atoms. The SMILES string of the molecule is O=C(Cc1csc(NC(=O)c2ccccc2F)n1)Nc1ncc(Cc2cccc(F)c2)s1. The van der Waals surface area contributed by atoms with E-state index < -0.39 is 11.7 Å². The summed E-state index contributed by atoms with van der Waals surface area (Å²) in [5, 5.41) is 7.60. The summed E-state index contributed by atoms with van der Waals surface area (Å²) >= 11 is 2.45. The average molecular weight is 471 g/mol. The lowest BCUT2D eigenvalue weighted by molar-refractivity contribution is -0.115. The van der Waals surface area contributed by atoms with Crippen molar-refractivity contribution in [2.75, 3.05) is 10.6 Å². The maximum Gasteiger partial charge on any atom is 0.260 e. The van der Waals surface area contributed by atoms with E-state index in [0.29, 0.717) is 17.2 Å². The number of carbonyl (C=O) groups is 2. The van der Waals surface area contributed by atoms with Crippen LogP contribution < -0.4 is 10.6 Å². The molecule has 2 aromatic carbocycles. The second kappa shape index (κ2) is 9.75. The molecule has 32 heavy (non-hydrogen) atoms. The number of amides is 2. The third kappa shape index (κ3) is 5.59. The van der Waals surface area contributed by atoms with Crippen molar-refractivity contribution in [1.82, 2.24) is 9.97 Å². The molecular weight excluding hydrogens is 454 g/mol. The zero-order chi connectivity index (χ0) is 22.5. The lowest BCUT2D eigenvalue weighted by Gasteiger charge is -2.02. The first-order valence-corrected chi connectivity index (χ1v) is 11.1. The van der Waals surface area contributed by atoms with E-state index in [4.69, 9.17) is 0 Å². The monoisotopic (exact) mass is 470 g/mol. The molecule has 0 aliphatic carbocycles. The highest BCUT2D eigenvalue weighted by Gasteiger charge is 2.15. The Labute approximate surface area is 190 Å². The molecule has 0 aliphatic heterocycles. The van der Waals surface area contributed by atoms with Crippen molar-refractivity contribution in [3.63, 3.8) is 0 Å². The Balaban J connectivity index is 1.31. The highest BCUT2D eigenvalue weighted by atomic mass is 32.1. The number of halogens is 2. The van der Waals surface area contributed by atoms with Gasteiger partial charge in [0.1, 0.15) is 11.6 Å². The van der Waals surface area contributed by atoms with Crippen LogP contribution in [0.4, 0.5) is 19.0 Å². The van der Waals surface area contributed by atoms with Crippen molar-refractivity contribution in [3.05, 3.63) is 93.4 Å². The summed E-state index contributed by atoms with van der Waals surface area (Å²) in [6.45, 7) is 0. The summed E-state index contributed by atoms with van der Waals surface area (Å²) in [5.74, 6) is -1.84. The molecule has 162 valence electrons. The van der Waals surface area contributed by atoms with Gasteiger partial charge in [0, 0.05) is 22.9 Å². The highest BCUT2D eigenvalue weighted by Crippen LogP contribution is 2.22. The number of benzene rings is 2. The van der Waals surface area contributed by atoms with Crippen LogP contribution in [0.15, 0.2) is 60.1 Å². The first kappa shape index (κ1) is 21.7. The van der Waals surface area contributed by atoms with Gasteiger partial charge < -0.3 is 5.32 Å². The summed E-state index contributed by atoms with van der Waals surface area (Å²) in [6.07, 6.45) is 2.15. The predicted molar refractivity (Wildman–Crippen MR) is 120 cm³/mol. The van der Waals surface area contributed by atoms with Crippen molar-refractivity contribution in [2.24, 2.45) is 0 Å². The van der Waals surface area contributed by atoms with Crippen LogP contribution in [0, 0.1) is 11.6 Å². The number of nitrogens with one attached hydrogen (secondary N) is 2. The normalized spacial score (nSPS) is 10.7. The molecule has 6 nitrogen and oxygen atoms in total. The van der Waals surface area contributed by atoms with E-state index in [9.17, 15) is 18.4 Å². The van der Waals surface area contributed by atoms with E-state index in [-0.39, 0.29) is 28.8 Å². The average Bonchev–Trinajstić information content (AvgIpc) is 3.37. The maximum atomic E-state index is 13.7. The Morgan fingerprint density at radius 3 is 2.66 bits per heavy atom. The number of nitrogens with zero attached hydrogens (tertiary/aromatic N) is 2. The molecule has 10 heteroatoms. The Bertz CT molecular complexity index is 1270. The van der Waals surface area contributed by atoms with Gasteiger partial charge in [0.2, 0.25) is 5.91 Å². The van der Waals surface area contributed by atoms with Crippen molar-refractivity contribution in [3.8, 4) is 0 Å². The summed E-state index contributed by atoms with van der Waals surface area (Å²) < 4.78 is 27.0. The van der Waals surface area contributed by atoms with Crippen LogP contribution in [0.2, 0.25) is 0 Å². The summed E-state index contributed by atoms with van der Waals surface area (Å²) in [4.78, 5) is 33.8. The topological polar surface area (TPSA) is 84.0 Å². The van der Waals surface area contributed by atoms with Gasteiger partial charge in [-0.05, 0) is 29.8 Å². The Morgan fingerprint density at radius 1 is 1.00 bits per heavy atom. The van der Waals surface area contributed by atoms with Gasteiger partial charge in [-0.1, -0.05) is 24.3 Å². The number of aromatic nitrogens is 2. The lowest BCUT2D eigenvalue weighted by Crippen LogP contribution is -2.15. The minimum atomic E-state index is -0.624. The van der Waals surface area contributed by atoms with Gasteiger partial charge >= 0.3 is 0 Å². The third-order valence-electron chi connectivity index (χ3n) is 4.30. The smallest absolute Gasteiger partial charge is 0.260 e. The number of rotatable bonds is 7. The van der Waals surface area contributed by atoms with Crippen LogP contribution in [0.25, 0.3) is 0 Å². The summed E-state index contributed by atoms with van der Waals surface area (Å²) in [7, 11) is 0. The van der Waals surface area contributed by atoms with Crippen molar-refractivity contribution in [1.29, 1.82) is 0 Å². The molecule has 2 heterocycles. The molecule has 2 amide bonds. The minimum Gasteiger partial charge on any atom is -0.302 e. The van der Waals surface area contributed by atoms with E-state index in [2.05, 4.69) is 20.6 Å². The quantitative estimate of drug-likeness (QED) is 0.402. The summed E-state index contributed by atoms with van der Waals surface area (Å²) in [6, 6.07) is 12.0. The van der Waals surface area contributed by atoms with Gasteiger partial charge in [0.25, 0.3) is 5.91 Å². The molecule has 0 unspecified atom stereocenters. The molecule has 0 radical (unpaired) electrons. The van der Waals surface area contributed by atoms with Gasteiger partial charge in [0.15, 0.2) is 10.3 Å². The first-order valence-electron chi connectivity index (χ1n) is 9.45. The first-order chi connectivity index (χ1) is 15.5. The van der Waals surface area contributed by atoms with Crippen LogP contribution in [-0.2, 0) is 17.6 Å². The largest absolute Gasteiger partial charge is 0.302 e. The Hall–Kier alpha value is -3.50. The van der Waals surface area contributed by atoms with Crippen molar-refractivity contribution in [2.45, 2.75) is 12.8 Å². The Morgan fingerprint density at radius 2 is 1.84 bits per heavy atom. The Kier molecular flexibility index (Phi) is 6.62. The van der Waals surface area contributed by atoms with E-state index in [0.717, 1.165) is 21.8 Å². The zero-order valence-electron chi connectivity index (χ0n) is 16.5. The molecule has 0 bridgehead atoms. The fourth-order valence-corrected chi connectivity index (χ4v) is 4.45. The zero-order valence-corrected chi connectivity index (χ0v) is 18.1. The van der Waals surface area contributed by atoms with Gasteiger partial charge in [0.05, 0.1) is 17.7 Å². The van der Waals surface area contributed by atoms with E-state index in [1.54, 1.807) is 23.7 Å². The number of thiazole rings is 2. The van der Waals surface area contributed by atoms with Gasteiger partial charge in [-0.3, -0.25) is 14.9 Å². The fraction of sp³-hybridized carbons (Fsp3) is 0.0909. The highest BCUT2D eigenvalue weighted by molar-refractivity contribution is 7.15. The molecule has 2 aromatic heterocycles. The number of anilines is 2. The number of carbonyl (C=O) groups excluding carboxylic acids is 2. The minimum absolute atomic E-state index is 0.00905. The standard InChI is InChI=1S/C22H16F2N4O2S2/c23-14-5-3-4-13(8-14)9-16-11-25-21(32-16)27-19(29)10-15-12-31-22(26-15)28-20(30)17-6-1-2-7-18(17)24/h1-8,11-12H,9-10H2,(H,25,27,29)(H,26,28,30). The van der Waals surface area contributed by atoms with Gasteiger partial charge in [-0.25, -0.2) is 18.7 Å². The second-order valence-electron chi connectivity index (χ2n) is 6.74. The van der Waals surface area contributed by atoms with Gasteiger partial charge in [-0.15, -0.1) is 22.7 Å². The third-order valence-corrected chi connectivity index (χ3v) is 6.02. The van der Waals surface area contributed by atoms with Gasteiger partial charge in [-0.2, -0.15) is 0 Å². The molecule has 0 saturated heterocycles. The van der Waals surface area contributed by atoms with Crippen LogP contribution in [0.1, 0.15) is 26.5 Å². The molecule has 2 N–H and O–H groups in total. The van der Waals surface area contributed by atoms with Crippen molar-refractivity contribution >= 4 is 44.8 Å². The molecule has 4 aromatic rings. The van der Waals surface area contributed by atoms with Crippen molar-refractivity contribution < 1.29 is 18.4 Å². The van der Waals surface area contributed by atoms with E-state index in [1.807, 2.05) is 6.07 Å². The van der Waals surface area contributed by atoms with E-state index in [1.165, 1.54) is 41.7 Å². The molecular formula is C22H16F2N4O2S2. The van der Waals surface area contributed by atoms with Crippen LogP contribution in [0.3, 0.4) is 0 Å². The molecule has 0 atom stereocenters. The lowest BCUT2D eigenvalue weighted by atomic mass is 10.1. The maximum absolute atomic E-state index is 13.7.